The number of hydrogen-bond acceptors (Lipinski definition) is 5. The summed E-state index contributed by atoms with van der Waals surface area (Å²) in [4.78, 5) is 14.8. The van der Waals surface area contributed by atoms with Gasteiger partial charge in [0.15, 0.2) is 9.84 Å². The summed E-state index contributed by atoms with van der Waals surface area (Å²) in [7, 11) is -3.37. The first-order valence-corrected chi connectivity index (χ1v) is 13.9. The average molecular weight is 485 g/mol. The van der Waals surface area contributed by atoms with Crippen molar-refractivity contribution in [1.82, 2.24) is 10.2 Å². The summed E-state index contributed by atoms with van der Waals surface area (Å²) in [6.07, 6.45) is 5.12. The molecule has 0 aromatic heterocycles. The zero-order valence-electron chi connectivity index (χ0n) is 20.8. The van der Waals surface area contributed by atoms with Crippen LogP contribution in [0.1, 0.15) is 62.0 Å². The van der Waals surface area contributed by atoms with E-state index >= 15 is 0 Å². The van der Waals surface area contributed by atoms with Gasteiger partial charge in [-0.15, -0.1) is 0 Å². The summed E-state index contributed by atoms with van der Waals surface area (Å²) in [5.41, 5.74) is 2.65. The number of fused-ring (bicyclic) bond motifs is 1. The summed E-state index contributed by atoms with van der Waals surface area (Å²) in [6.45, 7) is 11.2. The third-order valence-electron chi connectivity index (χ3n) is 6.18. The lowest BCUT2D eigenvalue weighted by Gasteiger charge is -2.35. The van der Waals surface area contributed by atoms with E-state index in [1.165, 1.54) is 6.26 Å². The number of nitrogens with zero attached hydrogens (tertiary/aromatic N) is 1. The van der Waals surface area contributed by atoms with Gasteiger partial charge in [-0.25, -0.2) is 8.42 Å². The van der Waals surface area contributed by atoms with E-state index in [1.54, 1.807) is 23.1 Å². The maximum Gasteiger partial charge on any atom is 0.253 e. The molecule has 7 heteroatoms. The summed E-state index contributed by atoms with van der Waals surface area (Å²) in [5, 5.41) is 3.43. The van der Waals surface area contributed by atoms with Crippen LogP contribution in [0.4, 0.5) is 0 Å². The van der Waals surface area contributed by atoms with Gasteiger partial charge in [-0.05, 0) is 87.8 Å². The van der Waals surface area contributed by atoms with Gasteiger partial charge < -0.3 is 15.0 Å². The van der Waals surface area contributed by atoms with Crippen LogP contribution in [0.3, 0.4) is 0 Å². The van der Waals surface area contributed by atoms with E-state index in [-0.39, 0.29) is 10.8 Å². The molecule has 1 aliphatic rings. The third kappa shape index (κ3) is 5.88. The van der Waals surface area contributed by atoms with E-state index in [0.29, 0.717) is 24.4 Å². The molecule has 2 aromatic carbocycles. The average Bonchev–Trinajstić information content (AvgIpc) is 2.81. The van der Waals surface area contributed by atoms with Crippen LogP contribution in [0.25, 0.3) is 5.57 Å². The first kappa shape index (κ1) is 26.0. The number of ether oxygens (including phenoxy) is 1. The summed E-state index contributed by atoms with van der Waals surface area (Å²) in [6, 6.07) is 12.6. The lowest BCUT2D eigenvalue weighted by Crippen LogP contribution is -2.36. The molecule has 1 aliphatic heterocycles. The monoisotopic (exact) mass is 484 g/mol. The lowest BCUT2D eigenvalue weighted by molar-refractivity contribution is 0.0773. The SMILES string of the molecule is CCCNCCC1(C)C=C(c2ccc(C(=O)N(CC)CC)cc2)c2cc(S(C)(=O)=O)ccc2O1. The highest BCUT2D eigenvalue weighted by atomic mass is 32.2. The van der Waals surface area contributed by atoms with Crippen molar-refractivity contribution in [2.45, 2.75) is 51.0 Å². The van der Waals surface area contributed by atoms with Crippen LogP contribution >= 0.6 is 0 Å². The van der Waals surface area contributed by atoms with Crippen molar-refractivity contribution in [1.29, 1.82) is 0 Å². The van der Waals surface area contributed by atoms with Gasteiger partial charge in [0.05, 0.1) is 4.90 Å². The smallest absolute Gasteiger partial charge is 0.253 e. The quantitative estimate of drug-likeness (QED) is 0.501. The first-order chi connectivity index (χ1) is 16.1. The molecule has 0 saturated heterocycles. The molecular formula is C27H36N2O4S. The van der Waals surface area contributed by atoms with Crippen LogP contribution in [-0.2, 0) is 9.84 Å². The van der Waals surface area contributed by atoms with E-state index in [1.807, 2.05) is 45.0 Å². The second kappa shape index (κ2) is 10.7. The Morgan fingerprint density at radius 1 is 1.03 bits per heavy atom. The molecule has 1 amide bonds. The minimum atomic E-state index is -3.37. The number of carbonyl (C=O) groups is 1. The molecule has 6 nitrogen and oxygen atoms in total. The van der Waals surface area contributed by atoms with Gasteiger partial charge >= 0.3 is 0 Å². The van der Waals surface area contributed by atoms with Gasteiger partial charge in [0.1, 0.15) is 11.4 Å². The van der Waals surface area contributed by atoms with Crippen molar-refractivity contribution < 1.29 is 17.9 Å². The Morgan fingerprint density at radius 2 is 1.71 bits per heavy atom. The highest BCUT2D eigenvalue weighted by Gasteiger charge is 2.32. The van der Waals surface area contributed by atoms with Gasteiger partial charge in [0.2, 0.25) is 0 Å². The van der Waals surface area contributed by atoms with Crippen LogP contribution in [0.15, 0.2) is 53.4 Å². The number of amides is 1. The van der Waals surface area contributed by atoms with Crippen molar-refractivity contribution >= 4 is 21.3 Å². The van der Waals surface area contributed by atoms with Gasteiger partial charge in [0, 0.05) is 36.9 Å². The van der Waals surface area contributed by atoms with Crippen molar-refractivity contribution in [3.8, 4) is 5.75 Å². The number of sulfone groups is 1. The molecule has 1 heterocycles. The highest BCUT2D eigenvalue weighted by molar-refractivity contribution is 7.90. The number of rotatable bonds is 10. The topological polar surface area (TPSA) is 75.7 Å². The minimum absolute atomic E-state index is 0.00380. The molecule has 1 unspecified atom stereocenters. The van der Waals surface area contributed by atoms with E-state index in [4.69, 9.17) is 4.74 Å². The highest BCUT2D eigenvalue weighted by Crippen LogP contribution is 2.41. The molecule has 0 spiro atoms. The molecule has 34 heavy (non-hydrogen) atoms. The van der Waals surface area contributed by atoms with Crippen molar-refractivity contribution in [3.63, 3.8) is 0 Å². The van der Waals surface area contributed by atoms with Crippen molar-refractivity contribution in [2.24, 2.45) is 0 Å². The van der Waals surface area contributed by atoms with Gasteiger partial charge in [-0.2, -0.15) is 0 Å². The second-order valence-electron chi connectivity index (χ2n) is 8.96. The number of hydrogen-bond donors (Lipinski definition) is 1. The normalized spacial score (nSPS) is 17.5. The predicted octanol–water partition coefficient (Wildman–Crippen LogP) is 4.54. The molecule has 2 aromatic rings. The van der Waals surface area contributed by atoms with E-state index in [2.05, 4.69) is 18.3 Å². The van der Waals surface area contributed by atoms with E-state index in [0.717, 1.165) is 42.6 Å². The van der Waals surface area contributed by atoms with Crippen LogP contribution in [0.2, 0.25) is 0 Å². The Hall–Kier alpha value is -2.64. The summed E-state index contributed by atoms with van der Waals surface area (Å²) in [5.74, 6) is 0.662. The Morgan fingerprint density at radius 3 is 2.29 bits per heavy atom. The lowest BCUT2D eigenvalue weighted by atomic mass is 9.87. The van der Waals surface area contributed by atoms with Gasteiger partial charge in [0.25, 0.3) is 5.91 Å². The molecule has 184 valence electrons. The molecule has 0 saturated carbocycles. The summed E-state index contributed by atoms with van der Waals surface area (Å²) >= 11 is 0. The van der Waals surface area contributed by atoms with Gasteiger partial charge in [-0.1, -0.05) is 19.1 Å². The third-order valence-corrected chi connectivity index (χ3v) is 7.29. The van der Waals surface area contributed by atoms with Crippen molar-refractivity contribution in [3.05, 3.63) is 65.2 Å². The molecule has 1 atom stereocenters. The molecule has 0 radical (unpaired) electrons. The van der Waals surface area contributed by atoms with E-state index < -0.39 is 15.4 Å². The number of carbonyl (C=O) groups excluding carboxylic acids is 1. The molecule has 3 rings (SSSR count). The predicted molar refractivity (Wildman–Crippen MR) is 137 cm³/mol. The van der Waals surface area contributed by atoms with Crippen molar-refractivity contribution in [2.75, 3.05) is 32.4 Å². The Labute approximate surface area is 203 Å². The van der Waals surface area contributed by atoms with Crippen LogP contribution in [0.5, 0.6) is 5.75 Å². The van der Waals surface area contributed by atoms with E-state index in [9.17, 15) is 13.2 Å². The Kier molecular flexibility index (Phi) is 8.21. The maximum atomic E-state index is 12.7. The zero-order valence-corrected chi connectivity index (χ0v) is 21.7. The molecule has 0 fully saturated rings. The molecule has 1 N–H and O–H groups in total. The minimum Gasteiger partial charge on any atom is -0.483 e. The second-order valence-corrected chi connectivity index (χ2v) is 11.0. The molecule has 0 aliphatic carbocycles. The van der Waals surface area contributed by atoms with Gasteiger partial charge in [-0.3, -0.25) is 4.79 Å². The van der Waals surface area contributed by atoms with Crippen LogP contribution in [-0.4, -0.2) is 57.3 Å². The Balaban J connectivity index is 2.03. The zero-order chi connectivity index (χ0) is 24.9. The fourth-order valence-corrected chi connectivity index (χ4v) is 4.84. The Bertz CT molecular complexity index is 1150. The number of benzene rings is 2. The number of nitrogens with one attached hydrogen (secondary N) is 1. The maximum absolute atomic E-state index is 12.7. The molecular weight excluding hydrogens is 448 g/mol. The van der Waals surface area contributed by atoms with Crippen LogP contribution in [0, 0.1) is 0 Å². The first-order valence-electron chi connectivity index (χ1n) is 12.0. The fourth-order valence-electron chi connectivity index (χ4n) is 4.19. The molecule has 0 bridgehead atoms. The summed E-state index contributed by atoms with van der Waals surface area (Å²) < 4.78 is 30.8. The fraction of sp³-hybridized carbons (Fsp3) is 0.444. The van der Waals surface area contributed by atoms with Crippen LogP contribution < -0.4 is 10.1 Å². The standard InChI is InChI=1S/C27H36N2O4S/c1-6-16-28-17-15-27(4)19-24(23-18-22(34(5,31)32)13-14-25(23)33-27)20-9-11-21(12-10-20)26(30)29(7-2)8-3/h9-14,18-19,28H,6-8,15-17H2,1-5H3. The largest absolute Gasteiger partial charge is 0.483 e.